The Labute approximate surface area is 107 Å². The Bertz CT molecular complexity index is 417. The summed E-state index contributed by atoms with van der Waals surface area (Å²) in [4.78, 5) is 11.7. The Kier molecular flexibility index (Phi) is 4.94. The summed E-state index contributed by atoms with van der Waals surface area (Å²) in [6, 6.07) is 1.50. The molecule has 0 aliphatic heterocycles. The predicted octanol–water partition coefficient (Wildman–Crippen LogP) is 2.07. The number of anilines is 1. The second-order valence-electron chi connectivity index (χ2n) is 3.49. The van der Waals surface area contributed by atoms with Gasteiger partial charge in [0.2, 0.25) is 0 Å². The van der Waals surface area contributed by atoms with Crippen molar-refractivity contribution < 1.29 is 18.0 Å². The molecule has 1 aromatic heterocycles. The Morgan fingerprint density at radius 1 is 1.56 bits per heavy atom. The van der Waals surface area contributed by atoms with Crippen molar-refractivity contribution in [2.24, 2.45) is 0 Å². The van der Waals surface area contributed by atoms with E-state index in [0.717, 1.165) is 0 Å². The van der Waals surface area contributed by atoms with Gasteiger partial charge in [-0.25, -0.2) is 0 Å². The molecule has 1 heterocycles. The molecule has 0 bridgehead atoms. The van der Waals surface area contributed by atoms with Crippen molar-refractivity contribution >= 4 is 23.4 Å². The van der Waals surface area contributed by atoms with Gasteiger partial charge in [-0.1, -0.05) is 0 Å². The first-order chi connectivity index (χ1) is 8.33. The van der Waals surface area contributed by atoms with Crippen LogP contribution in [0.1, 0.15) is 17.4 Å². The van der Waals surface area contributed by atoms with E-state index in [9.17, 15) is 18.0 Å². The number of nitrogens with zero attached hydrogens (tertiary/aromatic N) is 1. The van der Waals surface area contributed by atoms with Crippen molar-refractivity contribution in [2.75, 3.05) is 18.0 Å². The molecular weight excluding hydrogens is 267 g/mol. The first-order valence-corrected chi connectivity index (χ1v) is 6.26. The first kappa shape index (κ1) is 14.7. The summed E-state index contributed by atoms with van der Waals surface area (Å²) < 4.78 is 37.2. The molecule has 4 nitrogen and oxygen atoms in total. The Balaban J connectivity index is 2.45. The molecule has 1 rings (SSSR count). The Hall–Kier alpha value is -1.31. The molecule has 0 saturated carbocycles. The second-order valence-corrected chi connectivity index (χ2v) is 4.65. The number of carbonyl (C=O) groups is 1. The highest BCUT2D eigenvalue weighted by molar-refractivity contribution is 8.00. The van der Waals surface area contributed by atoms with Crippen LogP contribution in [0.4, 0.5) is 18.9 Å². The number of thioether (sulfide) groups is 1. The number of nitrogens with one attached hydrogen (secondary N) is 1. The number of hydrogen-bond donors (Lipinski definition) is 2. The molecular formula is C10H14F3N3OS. The lowest BCUT2D eigenvalue weighted by molar-refractivity contribution is -0.0327. The van der Waals surface area contributed by atoms with Crippen molar-refractivity contribution in [2.45, 2.75) is 19.0 Å². The van der Waals surface area contributed by atoms with Crippen molar-refractivity contribution in [3.05, 3.63) is 18.0 Å². The summed E-state index contributed by atoms with van der Waals surface area (Å²) in [5, 5.41) is 2.42. The normalized spacial score (nSPS) is 11.6. The lowest BCUT2D eigenvalue weighted by Gasteiger charge is -2.08. The molecule has 102 valence electrons. The quantitative estimate of drug-likeness (QED) is 0.812. The fraction of sp³-hybridized carbons (Fsp3) is 0.500. The molecule has 0 radical (unpaired) electrons. The first-order valence-electron chi connectivity index (χ1n) is 5.28. The van der Waals surface area contributed by atoms with Gasteiger partial charge < -0.3 is 15.6 Å². The third-order valence-corrected chi connectivity index (χ3v) is 2.88. The molecule has 18 heavy (non-hydrogen) atoms. The molecule has 0 unspecified atom stereocenters. The summed E-state index contributed by atoms with van der Waals surface area (Å²) in [7, 11) is 0. The van der Waals surface area contributed by atoms with E-state index in [-0.39, 0.29) is 24.1 Å². The van der Waals surface area contributed by atoms with Crippen molar-refractivity contribution in [1.82, 2.24) is 9.88 Å². The highest BCUT2D eigenvalue weighted by Crippen LogP contribution is 2.29. The van der Waals surface area contributed by atoms with Crippen LogP contribution in [0.25, 0.3) is 0 Å². The average molecular weight is 281 g/mol. The molecule has 0 atom stereocenters. The lowest BCUT2D eigenvalue weighted by atomic mass is 10.4. The number of aryl methyl sites for hydroxylation is 1. The maximum atomic E-state index is 11.9. The number of hydrogen-bond acceptors (Lipinski definition) is 3. The molecule has 1 aromatic rings. The van der Waals surface area contributed by atoms with Crippen LogP contribution in [0.5, 0.6) is 0 Å². The van der Waals surface area contributed by atoms with Crippen molar-refractivity contribution in [3.8, 4) is 0 Å². The summed E-state index contributed by atoms with van der Waals surface area (Å²) >= 11 is -0.160. The fourth-order valence-corrected chi connectivity index (χ4v) is 1.84. The van der Waals surface area contributed by atoms with Crippen LogP contribution in [0, 0.1) is 0 Å². The van der Waals surface area contributed by atoms with Crippen LogP contribution in [-0.2, 0) is 6.54 Å². The Morgan fingerprint density at radius 2 is 2.22 bits per heavy atom. The van der Waals surface area contributed by atoms with Gasteiger partial charge in [0.05, 0.1) is 5.69 Å². The minimum atomic E-state index is -4.27. The second kappa shape index (κ2) is 6.03. The van der Waals surface area contributed by atoms with Crippen LogP contribution in [-0.4, -0.2) is 28.3 Å². The molecule has 8 heteroatoms. The van der Waals surface area contributed by atoms with Crippen LogP contribution in [0.3, 0.4) is 0 Å². The van der Waals surface area contributed by atoms with Gasteiger partial charge in [0.15, 0.2) is 0 Å². The van der Waals surface area contributed by atoms with E-state index in [1.165, 1.54) is 6.07 Å². The number of alkyl halides is 3. The van der Waals surface area contributed by atoms with Gasteiger partial charge in [-0.3, -0.25) is 4.79 Å². The molecule has 3 N–H and O–H groups in total. The van der Waals surface area contributed by atoms with Gasteiger partial charge in [0.25, 0.3) is 5.91 Å². The van der Waals surface area contributed by atoms with E-state index in [2.05, 4.69) is 5.32 Å². The maximum Gasteiger partial charge on any atom is 0.441 e. The van der Waals surface area contributed by atoms with Gasteiger partial charge >= 0.3 is 5.51 Å². The number of halogens is 3. The largest absolute Gasteiger partial charge is 0.441 e. The predicted molar refractivity (Wildman–Crippen MR) is 65.4 cm³/mol. The van der Waals surface area contributed by atoms with Gasteiger partial charge in [0.1, 0.15) is 5.69 Å². The number of nitrogens with two attached hydrogens (primary N) is 1. The summed E-state index contributed by atoms with van der Waals surface area (Å²) in [6.45, 7) is 2.37. The molecule has 0 spiro atoms. The zero-order valence-corrected chi connectivity index (χ0v) is 10.6. The zero-order chi connectivity index (χ0) is 13.8. The third kappa shape index (κ3) is 4.52. The van der Waals surface area contributed by atoms with Crippen LogP contribution >= 0.6 is 11.8 Å². The lowest BCUT2D eigenvalue weighted by Crippen LogP contribution is -2.28. The smallest absolute Gasteiger partial charge is 0.397 e. The molecule has 0 aliphatic carbocycles. The summed E-state index contributed by atoms with van der Waals surface area (Å²) in [5.74, 6) is -0.631. The van der Waals surface area contributed by atoms with Crippen LogP contribution in [0.2, 0.25) is 0 Å². The minimum Gasteiger partial charge on any atom is -0.397 e. The minimum absolute atomic E-state index is 0.0438. The van der Waals surface area contributed by atoms with Gasteiger partial charge in [0, 0.05) is 25.0 Å². The van der Waals surface area contributed by atoms with E-state index in [0.29, 0.717) is 17.9 Å². The van der Waals surface area contributed by atoms with E-state index in [1.807, 2.05) is 6.92 Å². The summed E-state index contributed by atoms with van der Waals surface area (Å²) in [5.41, 5.74) is 2.09. The van der Waals surface area contributed by atoms with E-state index < -0.39 is 11.4 Å². The highest BCUT2D eigenvalue weighted by Gasteiger charge is 2.27. The Morgan fingerprint density at radius 3 is 2.78 bits per heavy atom. The number of rotatable bonds is 5. The van der Waals surface area contributed by atoms with Crippen LogP contribution in [0.15, 0.2) is 12.3 Å². The van der Waals surface area contributed by atoms with Crippen LogP contribution < -0.4 is 11.1 Å². The zero-order valence-electron chi connectivity index (χ0n) is 9.75. The fourth-order valence-electron chi connectivity index (χ4n) is 1.41. The van der Waals surface area contributed by atoms with Gasteiger partial charge in [-0.05, 0) is 24.8 Å². The van der Waals surface area contributed by atoms with E-state index >= 15 is 0 Å². The summed E-state index contributed by atoms with van der Waals surface area (Å²) in [6.07, 6.45) is 1.61. The molecule has 0 aliphatic rings. The molecule has 0 fully saturated rings. The maximum absolute atomic E-state index is 11.9. The molecule has 1 amide bonds. The topological polar surface area (TPSA) is 60.0 Å². The number of aromatic nitrogens is 1. The van der Waals surface area contributed by atoms with Gasteiger partial charge in [-0.2, -0.15) is 13.2 Å². The van der Waals surface area contributed by atoms with Crippen molar-refractivity contribution in [3.63, 3.8) is 0 Å². The van der Waals surface area contributed by atoms with E-state index in [4.69, 9.17) is 5.73 Å². The monoisotopic (exact) mass is 281 g/mol. The van der Waals surface area contributed by atoms with E-state index in [1.54, 1.807) is 10.8 Å². The van der Waals surface area contributed by atoms with Crippen molar-refractivity contribution in [1.29, 1.82) is 0 Å². The number of amides is 1. The third-order valence-electron chi connectivity index (χ3n) is 2.14. The molecule has 0 aromatic carbocycles. The number of nitrogen functional groups attached to an aromatic ring is 1. The SMILES string of the molecule is CCn1cc(N)cc1C(=O)NCCSC(F)(F)F. The average Bonchev–Trinajstić information content (AvgIpc) is 2.64. The number of carbonyl (C=O) groups excluding carboxylic acids is 1. The highest BCUT2D eigenvalue weighted by atomic mass is 32.2. The molecule has 0 saturated heterocycles. The standard InChI is InChI=1S/C10H14F3N3OS/c1-2-16-6-7(14)5-8(16)9(17)15-3-4-18-10(11,12)13/h5-6H,2-4,14H2,1H3,(H,15,17). The van der Waals surface area contributed by atoms with Gasteiger partial charge in [-0.15, -0.1) is 0 Å².